The number of carbonyl (C=O) groups excluding carboxylic acids is 2. The number of benzene rings is 2. The summed E-state index contributed by atoms with van der Waals surface area (Å²) in [7, 11) is 1.62. The predicted molar refractivity (Wildman–Crippen MR) is 101 cm³/mol. The Bertz CT molecular complexity index is 712. The standard InChI is InChI=1S/C20H24N2O4/c1-3-26-18-10-6-16(7-11-18)22-20(24)14-19(23)21-13-12-15-4-8-17(25-2)9-5-15/h4-11H,3,12-14H2,1-2H3,(H,21,23)(H,22,24). The highest BCUT2D eigenvalue weighted by atomic mass is 16.5. The molecule has 0 aromatic heterocycles. The van der Waals surface area contributed by atoms with E-state index in [4.69, 9.17) is 9.47 Å². The largest absolute Gasteiger partial charge is 0.497 e. The van der Waals surface area contributed by atoms with Gasteiger partial charge in [-0.25, -0.2) is 0 Å². The Labute approximate surface area is 153 Å². The highest BCUT2D eigenvalue weighted by Crippen LogP contribution is 2.15. The van der Waals surface area contributed by atoms with Gasteiger partial charge < -0.3 is 20.1 Å². The molecule has 2 amide bonds. The van der Waals surface area contributed by atoms with Gasteiger partial charge in [-0.2, -0.15) is 0 Å². The Morgan fingerprint density at radius 1 is 0.923 bits per heavy atom. The molecule has 0 aliphatic carbocycles. The van der Waals surface area contributed by atoms with Gasteiger partial charge in [-0.05, 0) is 55.3 Å². The summed E-state index contributed by atoms with van der Waals surface area (Å²) in [5.41, 5.74) is 1.72. The van der Waals surface area contributed by atoms with Crippen LogP contribution in [0.1, 0.15) is 18.9 Å². The van der Waals surface area contributed by atoms with Crippen LogP contribution in [0.2, 0.25) is 0 Å². The van der Waals surface area contributed by atoms with E-state index < -0.39 is 0 Å². The van der Waals surface area contributed by atoms with E-state index in [-0.39, 0.29) is 18.2 Å². The Balaban J connectivity index is 1.70. The van der Waals surface area contributed by atoms with Gasteiger partial charge in [-0.3, -0.25) is 9.59 Å². The van der Waals surface area contributed by atoms with E-state index in [9.17, 15) is 9.59 Å². The zero-order valence-corrected chi connectivity index (χ0v) is 15.1. The average molecular weight is 356 g/mol. The minimum atomic E-state index is -0.351. The Morgan fingerprint density at radius 3 is 2.19 bits per heavy atom. The Morgan fingerprint density at radius 2 is 1.58 bits per heavy atom. The fourth-order valence-corrected chi connectivity index (χ4v) is 2.35. The van der Waals surface area contributed by atoms with Gasteiger partial charge in [0, 0.05) is 12.2 Å². The fraction of sp³-hybridized carbons (Fsp3) is 0.300. The van der Waals surface area contributed by atoms with Crippen LogP contribution in [0, 0.1) is 0 Å². The van der Waals surface area contributed by atoms with Crippen molar-refractivity contribution in [1.82, 2.24) is 5.32 Å². The van der Waals surface area contributed by atoms with Gasteiger partial charge in [0.15, 0.2) is 0 Å². The molecular formula is C20H24N2O4. The molecule has 0 radical (unpaired) electrons. The van der Waals surface area contributed by atoms with Crippen LogP contribution >= 0.6 is 0 Å². The number of rotatable bonds is 9. The maximum Gasteiger partial charge on any atom is 0.233 e. The maximum atomic E-state index is 11.9. The average Bonchev–Trinajstić information content (AvgIpc) is 2.64. The number of carbonyl (C=O) groups is 2. The molecule has 0 saturated carbocycles. The van der Waals surface area contributed by atoms with Crippen molar-refractivity contribution >= 4 is 17.5 Å². The van der Waals surface area contributed by atoms with E-state index in [1.165, 1.54) is 0 Å². The monoisotopic (exact) mass is 356 g/mol. The number of methoxy groups -OCH3 is 1. The second-order valence-electron chi connectivity index (χ2n) is 5.63. The van der Waals surface area contributed by atoms with Gasteiger partial charge >= 0.3 is 0 Å². The number of hydrogen-bond acceptors (Lipinski definition) is 4. The van der Waals surface area contributed by atoms with E-state index in [0.29, 0.717) is 25.3 Å². The molecule has 0 saturated heterocycles. The first-order chi connectivity index (χ1) is 12.6. The lowest BCUT2D eigenvalue weighted by molar-refractivity contribution is -0.126. The molecule has 6 heteroatoms. The number of anilines is 1. The van der Waals surface area contributed by atoms with Crippen LogP contribution in [0.3, 0.4) is 0 Å². The number of ether oxygens (including phenoxy) is 2. The number of nitrogens with one attached hydrogen (secondary N) is 2. The molecule has 2 N–H and O–H groups in total. The molecular weight excluding hydrogens is 332 g/mol. The highest BCUT2D eigenvalue weighted by molar-refractivity contribution is 6.03. The van der Waals surface area contributed by atoms with E-state index in [0.717, 1.165) is 17.1 Å². The molecule has 0 heterocycles. The summed E-state index contributed by atoms with van der Waals surface area (Å²) in [5, 5.41) is 5.44. The van der Waals surface area contributed by atoms with Gasteiger partial charge in [0.2, 0.25) is 11.8 Å². The molecule has 6 nitrogen and oxygen atoms in total. The molecule has 0 unspecified atom stereocenters. The van der Waals surface area contributed by atoms with Crippen molar-refractivity contribution < 1.29 is 19.1 Å². The first-order valence-corrected chi connectivity index (χ1v) is 8.53. The summed E-state index contributed by atoms with van der Waals surface area (Å²) < 4.78 is 10.4. The second-order valence-corrected chi connectivity index (χ2v) is 5.63. The molecule has 2 rings (SSSR count). The van der Waals surface area contributed by atoms with Crippen molar-refractivity contribution in [3.63, 3.8) is 0 Å². The van der Waals surface area contributed by atoms with Crippen LogP contribution in [0.5, 0.6) is 11.5 Å². The molecule has 0 fully saturated rings. The van der Waals surface area contributed by atoms with Gasteiger partial charge in [-0.15, -0.1) is 0 Å². The van der Waals surface area contributed by atoms with Crippen LogP contribution in [-0.2, 0) is 16.0 Å². The molecule has 0 spiro atoms. The lowest BCUT2D eigenvalue weighted by Crippen LogP contribution is -2.29. The van der Waals surface area contributed by atoms with E-state index in [1.54, 1.807) is 31.4 Å². The van der Waals surface area contributed by atoms with E-state index in [1.807, 2.05) is 31.2 Å². The number of hydrogen-bond donors (Lipinski definition) is 2. The van der Waals surface area contributed by atoms with Crippen LogP contribution < -0.4 is 20.1 Å². The van der Waals surface area contributed by atoms with Crippen molar-refractivity contribution in [3.05, 3.63) is 54.1 Å². The minimum Gasteiger partial charge on any atom is -0.497 e. The predicted octanol–water partition coefficient (Wildman–Crippen LogP) is 2.78. The smallest absolute Gasteiger partial charge is 0.233 e. The summed E-state index contributed by atoms with van der Waals surface area (Å²) in [6.07, 6.45) is 0.478. The summed E-state index contributed by atoms with van der Waals surface area (Å²) in [5.74, 6) is 0.878. The van der Waals surface area contributed by atoms with Gasteiger partial charge in [-0.1, -0.05) is 12.1 Å². The molecule has 0 aliphatic heterocycles. The third-order valence-corrected chi connectivity index (χ3v) is 3.67. The summed E-state index contributed by atoms with van der Waals surface area (Å²) in [6, 6.07) is 14.7. The normalized spacial score (nSPS) is 10.1. The van der Waals surface area contributed by atoms with Crippen molar-refractivity contribution in [3.8, 4) is 11.5 Å². The van der Waals surface area contributed by atoms with Crippen molar-refractivity contribution in [2.45, 2.75) is 19.8 Å². The lowest BCUT2D eigenvalue weighted by atomic mass is 10.1. The quantitative estimate of drug-likeness (QED) is 0.678. The second kappa shape index (κ2) is 10.1. The summed E-state index contributed by atoms with van der Waals surface area (Å²) >= 11 is 0. The van der Waals surface area contributed by atoms with Crippen molar-refractivity contribution in [2.24, 2.45) is 0 Å². The van der Waals surface area contributed by atoms with Gasteiger partial charge in [0.05, 0.1) is 13.7 Å². The Kier molecular flexibility index (Phi) is 7.49. The number of amides is 2. The van der Waals surface area contributed by atoms with Crippen molar-refractivity contribution in [2.75, 3.05) is 25.6 Å². The molecule has 2 aromatic rings. The van der Waals surface area contributed by atoms with Crippen LogP contribution in [0.25, 0.3) is 0 Å². The minimum absolute atomic E-state index is 0.212. The zero-order chi connectivity index (χ0) is 18.8. The summed E-state index contributed by atoms with van der Waals surface area (Å²) in [6.45, 7) is 2.97. The van der Waals surface area contributed by atoms with E-state index >= 15 is 0 Å². The Hall–Kier alpha value is -3.02. The first-order valence-electron chi connectivity index (χ1n) is 8.53. The zero-order valence-electron chi connectivity index (χ0n) is 15.1. The lowest BCUT2D eigenvalue weighted by Gasteiger charge is -2.08. The van der Waals surface area contributed by atoms with Gasteiger partial charge in [0.1, 0.15) is 17.9 Å². The van der Waals surface area contributed by atoms with Crippen LogP contribution in [-0.4, -0.2) is 32.1 Å². The maximum absolute atomic E-state index is 11.9. The topological polar surface area (TPSA) is 76.7 Å². The molecule has 2 aromatic carbocycles. The summed E-state index contributed by atoms with van der Waals surface area (Å²) in [4.78, 5) is 23.8. The SMILES string of the molecule is CCOc1ccc(NC(=O)CC(=O)NCCc2ccc(OC)cc2)cc1. The van der Waals surface area contributed by atoms with Crippen LogP contribution in [0.4, 0.5) is 5.69 Å². The third kappa shape index (κ3) is 6.47. The molecule has 0 aliphatic rings. The molecule has 0 atom stereocenters. The highest BCUT2D eigenvalue weighted by Gasteiger charge is 2.09. The fourth-order valence-electron chi connectivity index (χ4n) is 2.35. The first kappa shape index (κ1) is 19.3. The molecule has 138 valence electrons. The van der Waals surface area contributed by atoms with Gasteiger partial charge in [0.25, 0.3) is 0 Å². The van der Waals surface area contributed by atoms with Crippen molar-refractivity contribution in [1.29, 1.82) is 0 Å². The van der Waals surface area contributed by atoms with E-state index in [2.05, 4.69) is 10.6 Å². The third-order valence-electron chi connectivity index (χ3n) is 3.67. The van der Waals surface area contributed by atoms with Crippen LogP contribution in [0.15, 0.2) is 48.5 Å². The molecule has 0 bridgehead atoms. The molecule has 26 heavy (non-hydrogen) atoms.